The van der Waals surface area contributed by atoms with E-state index in [0.717, 1.165) is 12.5 Å². The number of rotatable bonds is 5. The van der Waals surface area contributed by atoms with Gasteiger partial charge in [0.15, 0.2) is 0 Å². The van der Waals surface area contributed by atoms with Crippen molar-refractivity contribution in [2.45, 2.75) is 32.2 Å². The Morgan fingerprint density at radius 3 is 3.00 bits per heavy atom. The smallest absolute Gasteiger partial charge is 0.0402 e. The number of nitrogens with one attached hydrogen (secondary N) is 1. The molecule has 0 saturated carbocycles. The summed E-state index contributed by atoms with van der Waals surface area (Å²) in [5.41, 5.74) is 1.56. The molecule has 1 aromatic carbocycles. The van der Waals surface area contributed by atoms with Gasteiger partial charge >= 0.3 is 0 Å². The van der Waals surface area contributed by atoms with Crippen molar-refractivity contribution in [1.29, 1.82) is 0 Å². The highest BCUT2D eigenvalue weighted by atomic mass is 32.1. The van der Waals surface area contributed by atoms with Crippen LogP contribution in [-0.4, -0.2) is 31.6 Å². The van der Waals surface area contributed by atoms with E-state index in [1.165, 1.54) is 42.4 Å². The predicted molar refractivity (Wildman–Crippen MR) is 93.1 cm³/mol. The molecule has 3 heteroatoms. The van der Waals surface area contributed by atoms with Crippen LogP contribution in [-0.2, 0) is 0 Å². The number of likely N-dealkylation sites (tertiary alicyclic amines) is 1. The minimum Gasteiger partial charge on any atom is -0.319 e. The molecule has 0 spiro atoms. The second-order valence-electron chi connectivity index (χ2n) is 6.13. The summed E-state index contributed by atoms with van der Waals surface area (Å²) in [7, 11) is 2.08. The number of hydrogen-bond acceptors (Lipinski definition) is 3. The van der Waals surface area contributed by atoms with Gasteiger partial charge < -0.3 is 5.32 Å². The normalized spacial score (nSPS) is 23.7. The highest BCUT2D eigenvalue weighted by Gasteiger charge is 2.33. The van der Waals surface area contributed by atoms with Gasteiger partial charge in [-0.05, 0) is 74.3 Å². The molecule has 2 atom stereocenters. The summed E-state index contributed by atoms with van der Waals surface area (Å²) in [4.78, 5) is 2.72. The first-order valence-corrected chi connectivity index (χ1v) is 9.08. The Labute approximate surface area is 132 Å². The van der Waals surface area contributed by atoms with E-state index in [9.17, 15) is 0 Å². The molecule has 114 valence electrons. The lowest BCUT2D eigenvalue weighted by Crippen LogP contribution is -2.42. The Bertz CT molecular complexity index is 559. The number of nitrogens with zero attached hydrogens (tertiary/aromatic N) is 1. The van der Waals surface area contributed by atoms with Crippen molar-refractivity contribution < 1.29 is 0 Å². The summed E-state index contributed by atoms with van der Waals surface area (Å²) in [6, 6.07) is 9.47. The molecule has 3 rings (SSSR count). The van der Waals surface area contributed by atoms with Gasteiger partial charge in [-0.25, -0.2) is 0 Å². The van der Waals surface area contributed by atoms with Crippen molar-refractivity contribution in [2.75, 3.05) is 26.7 Å². The van der Waals surface area contributed by atoms with Gasteiger partial charge in [0.2, 0.25) is 0 Å². The van der Waals surface area contributed by atoms with Crippen LogP contribution in [0.15, 0.2) is 29.6 Å². The molecule has 0 aliphatic carbocycles. The Hall–Kier alpha value is -0.900. The monoisotopic (exact) mass is 302 g/mol. The van der Waals surface area contributed by atoms with E-state index in [-0.39, 0.29) is 0 Å². The van der Waals surface area contributed by atoms with Gasteiger partial charge in [-0.2, -0.15) is 0 Å². The minimum absolute atomic E-state index is 0.585. The molecule has 1 aliphatic heterocycles. The first kappa shape index (κ1) is 15.0. The van der Waals surface area contributed by atoms with Gasteiger partial charge in [-0.15, -0.1) is 11.3 Å². The van der Waals surface area contributed by atoms with Crippen molar-refractivity contribution in [3.63, 3.8) is 0 Å². The molecule has 0 radical (unpaired) electrons. The Morgan fingerprint density at radius 2 is 2.19 bits per heavy atom. The SMILES string of the molecule is CCCN1CCCC(CNC)C1c1csc2ccccc12. The van der Waals surface area contributed by atoms with Crippen LogP contribution in [0.1, 0.15) is 37.8 Å². The van der Waals surface area contributed by atoms with Crippen LogP contribution in [0, 0.1) is 5.92 Å². The summed E-state index contributed by atoms with van der Waals surface area (Å²) >= 11 is 1.90. The maximum absolute atomic E-state index is 3.42. The van der Waals surface area contributed by atoms with Gasteiger partial charge in [-0.3, -0.25) is 4.90 Å². The fourth-order valence-electron chi connectivity index (χ4n) is 3.84. The van der Waals surface area contributed by atoms with Crippen molar-refractivity contribution in [1.82, 2.24) is 10.2 Å². The molecule has 2 heterocycles. The van der Waals surface area contributed by atoms with Crippen LogP contribution in [0.5, 0.6) is 0 Å². The zero-order valence-corrected chi connectivity index (χ0v) is 14.0. The van der Waals surface area contributed by atoms with E-state index in [2.05, 4.69) is 53.8 Å². The maximum Gasteiger partial charge on any atom is 0.0402 e. The topological polar surface area (TPSA) is 15.3 Å². The molecule has 1 fully saturated rings. The molecule has 1 aliphatic rings. The molecule has 2 aromatic rings. The Kier molecular flexibility index (Phi) is 4.94. The van der Waals surface area contributed by atoms with E-state index in [0.29, 0.717) is 6.04 Å². The largest absolute Gasteiger partial charge is 0.319 e. The average molecular weight is 302 g/mol. The minimum atomic E-state index is 0.585. The quantitative estimate of drug-likeness (QED) is 0.886. The zero-order chi connectivity index (χ0) is 14.7. The third-order valence-electron chi connectivity index (χ3n) is 4.67. The van der Waals surface area contributed by atoms with Crippen LogP contribution >= 0.6 is 11.3 Å². The molecule has 2 unspecified atom stereocenters. The molecule has 1 aromatic heterocycles. The molecule has 21 heavy (non-hydrogen) atoms. The van der Waals surface area contributed by atoms with Crippen molar-refractivity contribution in [3.05, 3.63) is 35.2 Å². The third kappa shape index (κ3) is 3.01. The summed E-state index contributed by atoms with van der Waals surface area (Å²) in [5, 5.41) is 7.29. The van der Waals surface area contributed by atoms with Crippen molar-refractivity contribution in [3.8, 4) is 0 Å². The number of benzene rings is 1. The van der Waals surface area contributed by atoms with Gasteiger partial charge in [0.25, 0.3) is 0 Å². The lowest BCUT2D eigenvalue weighted by atomic mass is 9.84. The first-order chi connectivity index (χ1) is 10.3. The van der Waals surface area contributed by atoms with E-state index in [1.807, 2.05) is 11.3 Å². The molecule has 2 nitrogen and oxygen atoms in total. The summed E-state index contributed by atoms with van der Waals surface area (Å²) in [6.07, 6.45) is 3.92. The van der Waals surface area contributed by atoms with Crippen LogP contribution in [0.2, 0.25) is 0 Å². The summed E-state index contributed by atoms with van der Waals surface area (Å²) < 4.78 is 1.43. The Morgan fingerprint density at radius 1 is 1.33 bits per heavy atom. The summed E-state index contributed by atoms with van der Waals surface area (Å²) in [6.45, 7) is 5.89. The molecule has 1 saturated heterocycles. The van der Waals surface area contributed by atoms with Gasteiger partial charge in [0.1, 0.15) is 0 Å². The van der Waals surface area contributed by atoms with Crippen LogP contribution < -0.4 is 5.32 Å². The predicted octanol–water partition coefficient (Wildman–Crippen LogP) is 4.28. The van der Waals surface area contributed by atoms with Crippen LogP contribution in [0.4, 0.5) is 0 Å². The second kappa shape index (κ2) is 6.91. The van der Waals surface area contributed by atoms with Gasteiger partial charge in [0, 0.05) is 10.7 Å². The molecule has 0 bridgehead atoms. The van der Waals surface area contributed by atoms with Crippen LogP contribution in [0.3, 0.4) is 0 Å². The lowest BCUT2D eigenvalue weighted by molar-refractivity contribution is 0.0937. The molecule has 1 N–H and O–H groups in total. The van der Waals surface area contributed by atoms with E-state index >= 15 is 0 Å². The average Bonchev–Trinajstić information content (AvgIpc) is 2.92. The highest BCUT2D eigenvalue weighted by molar-refractivity contribution is 7.17. The number of hydrogen-bond donors (Lipinski definition) is 1. The first-order valence-electron chi connectivity index (χ1n) is 8.20. The van der Waals surface area contributed by atoms with Crippen LogP contribution in [0.25, 0.3) is 10.1 Å². The lowest BCUT2D eigenvalue weighted by Gasteiger charge is -2.41. The molecular weight excluding hydrogens is 276 g/mol. The van der Waals surface area contributed by atoms with Gasteiger partial charge in [0.05, 0.1) is 0 Å². The highest BCUT2D eigenvalue weighted by Crippen LogP contribution is 2.41. The van der Waals surface area contributed by atoms with E-state index in [1.54, 1.807) is 5.56 Å². The van der Waals surface area contributed by atoms with E-state index < -0.39 is 0 Å². The fourth-order valence-corrected chi connectivity index (χ4v) is 4.83. The molecular formula is C18H26N2S. The number of piperidine rings is 1. The second-order valence-corrected chi connectivity index (χ2v) is 7.04. The molecule has 0 amide bonds. The third-order valence-corrected chi connectivity index (χ3v) is 5.65. The Balaban J connectivity index is 1.99. The fraction of sp³-hybridized carbons (Fsp3) is 0.556. The van der Waals surface area contributed by atoms with Crippen molar-refractivity contribution >= 4 is 21.4 Å². The van der Waals surface area contributed by atoms with Gasteiger partial charge in [-0.1, -0.05) is 25.1 Å². The van der Waals surface area contributed by atoms with E-state index in [4.69, 9.17) is 0 Å². The maximum atomic E-state index is 3.42. The zero-order valence-electron chi connectivity index (χ0n) is 13.1. The standard InChI is InChI=1S/C18H26N2S/c1-3-10-20-11-6-7-14(12-19-2)18(20)16-13-21-17-9-5-4-8-15(16)17/h4-5,8-9,13-14,18-19H,3,6-7,10-12H2,1-2H3. The number of fused-ring (bicyclic) bond motifs is 1. The van der Waals surface area contributed by atoms with Crippen molar-refractivity contribution in [2.24, 2.45) is 5.92 Å². The summed E-state index contributed by atoms with van der Waals surface area (Å²) in [5.74, 6) is 0.730. The number of thiophene rings is 1.